The van der Waals surface area contributed by atoms with E-state index in [1.54, 1.807) is 18.5 Å². The molecule has 34 heavy (non-hydrogen) atoms. The lowest BCUT2D eigenvalue weighted by molar-refractivity contribution is -0.274. The predicted molar refractivity (Wildman–Crippen MR) is 117 cm³/mol. The van der Waals surface area contributed by atoms with Crippen molar-refractivity contribution in [2.75, 3.05) is 18.1 Å². The van der Waals surface area contributed by atoms with Gasteiger partial charge in [-0.15, -0.1) is 13.2 Å². The first kappa shape index (κ1) is 22.7. The highest BCUT2D eigenvalue weighted by atomic mass is 35.5. The Morgan fingerprint density at radius 1 is 1.18 bits per heavy atom. The second-order valence-corrected chi connectivity index (χ2v) is 8.53. The van der Waals surface area contributed by atoms with Crippen molar-refractivity contribution in [1.82, 2.24) is 19.6 Å². The van der Waals surface area contributed by atoms with Crippen LogP contribution in [0.15, 0.2) is 41.5 Å². The summed E-state index contributed by atoms with van der Waals surface area (Å²) in [6.07, 6.45) is 1.12. The first-order valence-electron chi connectivity index (χ1n) is 10.9. The number of nitrogens with zero attached hydrogens (tertiary/aromatic N) is 5. The Morgan fingerprint density at radius 3 is 2.76 bits per heavy atom. The third-order valence-electron chi connectivity index (χ3n) is 5.89. The van der Waals surface area contributed by atoms with Crippen LogP contribution in [0.25, 0.3) is 5.69 Å². The van der Waals surface area contributed by atoms with Crippen LogP contribution in [0.5, 0.6) is 5.75 Å². The van der Waals surface area contributed by atoms with E-state index in [0.29, 0.717) is 38.2 Å². The summed E-state index contributed by atoms with van der Waals surface area (Å²) in [6, 6.07) is 5.82. The standard InChI is InChI=1S/C22H21ClF3N5O3/c23-20-17(11-27-31(21(20)32)19-7-3-4-10-33-19)29-9-8-15-14(12-29)13-30(28-15)16-5-1-2-6-18(16)34-22(24,25)26/h1-2,5-6,11,13,19H,3-4,7-10,12H2. The molecule has 0 N–H and O–H groups in total. The molecule has 0 amide bonds. The first-order chi connectivity index (χ1) is 16.3. The van der Waals surface area contributed by atoms with Gasteiger partial charge in [-0.1, -0.05) is 23.7 Å². The number of rotatable bonds is 4. The Kier molecular flexibility index (Phi) is 5.98. The lowest BCUT2D eigenvalue weighted by Crippen LogP contribution is -2.35. The Morgan fingerprint density at radius 2 is 2.00 bits per heavy atom. The Bertz CT molecular complexity index is 1250. The van der Waals surface area contributed by atoms with E-state index in [4.69, 9.17) is 16.3 Å². The SMILES string of the molecule is O=c1c(Cl)c(N2CCc3nn(-c4ccccc4OC(F)(F)F)cc3C2)cnn1C1CCCCO1. The number of aromatic nitrogens is 4. The predicted octanol–water partition coefficient (Wildman–Crippen LogP) is 4.24. The van der Waals surface area contributed by atoms with Gasteiger partial charge >= 0.3 is 6.36 Å². The second-order valence-electron chi connectivity index (χ2n) is 8.15. The van der Waals surface area contributed by atoms with Crippen molar-refractivity contribution in [2.24, 2.45) is 0 Å². The minimum Gasteiger partial charge on any atom is -0.403 e. The van der Waals surface area contributed by atoms with E-state index in [2.05, 4.69) is 14.9 Å². The topological polar surface area (TPSA) is 74.4 Å². The van der Waals surface area contributed by atoms with Crippen LogP contribution in [0.2, 0.25) is 5.02 Å². The summed E-state index contributed by atoms with van der Waals surface area (Å²) in [6.45, 7) is 1.48. The summed E-state index contributed by atoms with van der Waals surface area (Å²) in [5.74, 6) is -0.340. The lowest BCUT2D eigenvalue weighted by atomic mass is 10.1. The fraction of sp³-hybridized carbons (Fsp3) is 0.409. The molecule has 180 valence electrons. The van der Waals surface area contributed by atoms with Crippen LogP contribution in [-0.4, -0.2) is 39.1 Å². The largest absolute Gasteiger partial charge is 0.573 e. The minimum atomic E-state index is -4.81. The Labute approximate surface area is 197 Å². The van der Waals surface area contributed by atoms with Crippen LogP contribution in [0.4, 0.5) is 18.9 Å². The van der Waals surface area contributed by atoms with Crippen molar-refractivity contribution in [3.63, 3.8) is 0 Å². The van der Waals surface area contributed by atoms with Gasteiger partial charge in [0, 0.05) is 37.9 Å². The molecular weight excluding hydrogens is 475 g/mol. The molecule has 0 saturated carbocycles. The van der Waals surface area contributed by atoms with Gasteiger partial charge in [-0.05, 0) is 31.4 Å². The number of anilines is 1. The molecule has 0 aliphatic carbocycles. The summed E-state index contributed by atoms with van der Waals surface area (Å²) < 4.78 is 50.9. The van der Waals surface area contributed by atoms with Crippen LogP contribution in [0.1, 0.15) is 36.7 Å². The van der Waals surface area contributed by atoms with Crippen molar-refractivity contribution in [1.29, 1.82) is 0 Å². The number of fused-ring (bicyclic) bond motifs is 1. The molecule has 1 fully saturated rings. The number of benzene rings is 1. The molecule has 0 bridgehead atoms. The van der Waals surface area contributed by atoms with Gasteiger partial charge in [-0.2, -0.15) is 14.9 Å². The molecule has 5 rings (SSSR count). The fourth-order valence-corrected chi connectivity index (χ4v) is 4.53. The summed E-state index contributed by atoms with van der Waals surface area (Å²) in [7, 11) is 0. The zero-order chi connectivity index (χ0) is 23.9. The molecule has 4 heterocycles. The molecule has 1 aromatic carbocycles. The maximum atomic E-state index is 12.9. The van der Waals surface area contributed by atoms with Gasteiger partial charge < -0.3 is 14.4 Å². The number of hydrogen-bond acceptors (Lipinski definition) is 6. The molecule has 8 nitrogen and oxygen atoms in total. The van der Waals surface area contributed by atoms with E-state index in [1.807, 2.05) is 4.90 Å². The van der Waals surface area contributed by atoms with Gasteiger partial charge in [-0.25, -0.2) is 4.68 Å². The summed E-state index contributed by atoms with van der Waals surface area (Å²) in [5.41, 5.74) is 1.83. The van der Waals surface area contributed by atoms with Gasteiger partial charge in [0.1, 0.15) is 10.7 Å². The van der Waals surface area contributed by atoms with E-state index in [-0.39, 0.29) is 16.5 Å². The number of ether oxygens (including phenoxy) is 2. The van der Waals surface area contributed by atoms with E-state index in [1.165, 1.54) is 27.6 Å². The normalized spacial score (nSPS) is 18.6. The molecule has 2 aliphatic rings. The van der Waals surface area contributed by atoms with E-state index in [0.717, 1.165) is 24.1 Å². The Balaban J connectivity index is 1.40. The highest BCUT2D eigenvalue weighted by Gasteiger charge is 2.33. The summed E-state index contributed by atoms with van der Waals surface area (Å²) >= 11 is 6.45. The van der Waals surface area contributed by atoms with Gasteiger partial charge in [0.2, 0.25) is 0 Å². The van der Waals surface area contributed by atoms with Crippen LogP contribution in [-0.2, 0) is 17.7 Å². The highest BCUT2D eigenvalue weighted by molar-refractivity contribution is 6.33. The van der Waals surface area contributed by atoms with E-state index < -0.39 is 18.1 Å². The third-order valence-corrected chi connectivity index (χ3v) is 6.24. The Hall–Kier alpha value is -3.05. The van der Waals surface area contributed by atoms with Crippen LogP contribution < -0.4 is 15.2 Å². The van der Waals surface area contributed by atoms with Gasteiger partial charge in [0.25, 0.3) is 5.56 Å². The summed E-state index contributed by atoms with van der Waals surface area (Å²) in [4.78, 5) is 14.8. The molecule has 2 aromatic heterocycles. The fourth-order valence-electron chi connectivity index (χ4n) is 4.28. The smallest absolute Gasteiger partial charge is 0.403 e. The number of halogens is 4. The van der Waals surface area contributed by atoms with E-state index >= 15 is 0 Å². The highest BCUT2D eigenvalue weighted by Crippen LogP contribution is 2.32. The van der Waals surface area contributed by atoms with Gasteiger partial charge in [0.15, 0.2) is 12.0 Å². The number of para-hydroxylation sites is 2. The van der Waals surface area contributed by atoms with E-state index in [9.17, 15) is 18.0 Å². The quantitative estimate of drug-likeness (QED) is 0.539. The summed E-state index contributed by atoms with van der Waals surface area (Å²) in [5, 5.41) is 8.83. The first-order valence-corrected chi connectivity index (χ1v) is 11.2. The van der Waals surface area contributed by atoms with Gasteiger partial charge in [0.05, 0.1) is 17.6 Å². The van der Waals surface area contributed by atoms with Crippen molar-refractivity contribution >= 4 is 17.3 Å². The zero-order valence-electron chi connectivity index (χ0n) is 18.0. The average Bonchev–Trinajstić information content (AvgIpc) is 3.24. The van der Waals surface area contributed by atoms with Crippen LogP contribution in [0.3, 0.4) is 0 Å². The number of hydrogen-bond donors (Lipinski definition) is 0. The molecule has 3 aromatic rings. The van der Waals surface area contributed by atoms with Crippen molar-refractivity contribution in [2.45, 2.75) is 44.8 Å². The van der Waals surface area contributed by atoms with Crippen molar-refractivity contribution < 1.29 is 22.6 Å². The molecule has 1 saturated heterocycles. The molecule has 2 aliphatic heterocycles. The molecule has 0 radical (unpaired) electrons. The molecule has 12 heteroatoms. The maximum absolute atomic E-state index is 12.9. The minimum absolute atomic E-state index is 0.0592. The zero-order valence-corrected chi connectivity index (χ0v) is 18.7. The van der Waals surface area contributed by atoms with Crippen LogP contribution in [0, 0.1) is 0 Å². The third kappa shape index (κ3) is 4.49. The van der Waals surface area contributed by atoms with Crippen LogP contribution >= 0.6 is 11.6 Å². The monoisotopic (exact) mass is 495 g/mol. The molecule has 1 atom stereocenters. The lowest BCUT2D eigenvalue weighted by Gasteiger charge is -2.29. The molecular formula is C22H21ClF3N5O3. The second kappa shape index (κ2) is 8.95. The average molecular weight is 496 g/mol. The number of alkyl halides is 3. The molecule has 1 unspecified atom stereocenters. The van der Waals surface area contributed by atoms with Crippen molar-refractivity contribution in [3.8, 4) is 11.4 Å². The maximum Gasteiger partial charge on any atom is 0.573 e. The molecule has 0 spiro atoms. The van der Waals surface area contributed by atoms with Gasteiger partial charge in [-0.3, -0.25) is 4.79 Å². The van der Waals surface area contributed by atoms with Crippen molar-refractivity contribution in [3.05, 3.63) is 63.3 Å².